The Morgan fingerprint density at radius 3 is 2.63 bits per heavy atom. The van der Waals surface area contributed by atoms with Gasteiger partial charge in [0.1, 0.15) is 0 Å². The number of rotatable bonds is 2. The number of nitrogens with zero attached hydrogens (tertiary/aromatic N) is 1. The van der Waals surface area contributed by atoms with Crippen LogP contribution in [0.2, 0.25) is 0 Å². The first-order chi connectivity index (χ1) is 8.95. The molecule has 0 spiro atoms. The lowest BCUT2D eigenvalue weighted by Crippen LogP contribution is -2.40. The molecule has 3 nitrogen and oxygen atoms in total. The number of amides is 1. The van der Waals surface area contributed by atoms with E-state index in [4.69, 9.17) is 5.73 Å². The van der Waals surface area contributed by atoms with Gasteiger partial charge < -0.3 is 10.6 Å². The number of hydrogen-bond acceptors (Lipinski definition) is 2. The number of hydrogen-bond donors (Lipinski definition) is 1. The molecule has 3 heteroatoms. The third-order valence-corrected chi connectivity index (χ3v) is 4.34. The van der Waals surface area contributed by atoms with Gasteiger partial charge in [-0.2, -0.15) is 0 Å². The number of benzene rings is 1. The fourth-order valence-electron chi connectivity index (χ4n) is 3.08. The highest BCUT2D eigenvalue weighted by molar-refractivity contribution is 5.97. The Kier molecular flexibility index (Phi) is 3.83. The summed E-state index contributed by atoms with van der Waals surface area (Å²) in [5.74, 6) is 0.140. The van der Waals surface area contributed by atoms with Crippen molar-refractivity contribution in [1.82, 2.24) is 4.90 Å². The zero-order valence-electron chi connectivity index (χ0n) is 12.4. The molecular formula is C16H24N2O. The molecule has 0 bridgehead atoms. The van der Waals surface area contributed by atoms with Gasteiger partial charge in [-0.1, -0.05) is 13.0 Å². The Morgan fingerprint density at radius 1 is 1.32 bits per heavy atom. The third-order valence-electron chi connectivity index (χ3n) is 4.34. The van der Waals surface area contributed by atoms with Crippen LogP contribution >= 0.6 is 0 Å². The summed E-state index contributed by atoms with van der Waals surface area (Å²) >= 11 is 0. The summed E-state index contributed by atoms with van der Waals surface area (Å²) in [4.78, 5) is 14.8. The predicted molar refractivity (Wildman–Crippen MR) is 79.3 cm³/mol. The topological polar surface area (TPSA) is 46.3 Å². The van der Waals surface area contributed by atoms with E-state index in [0.717, 1.165) is 36.0 Å². The molecule has 2 atom stereocenters. The highest BCUT2D eigenvalue weighted by Crippen LogP contribution is 2.29. The van der Waals surface area contributed by atoms with E-state index in [2.05, 4.69) is 18.7 Å². The first kappa shape index (κ1) is 13.9. The number of anilines is 1. The summed E-state index contributed by atoms with van der Waals surface area (Å²) in [7, 11) is 0. The number of likely N-dealkylation sites (tertiary alicyclic amines) is 1. The Labute approximate surface area is 115 Å². The van der Waals surface area contributed by atoms with Crippen molar-refractivity contribution in [3.63, 3.8) is 0 Å². The zero-order chi connectivity index (χ0) is 14.2. The summed E-state index contributed by atoms with van der Waals surface area (Å²) < 4.78 is 0. The molecule has 0 saturated carbocycles. The van der Waals surface area contributed by atoms with E-state index in [1.54, 1.807) is 0 Å². The number of carbonyl (C=O) groups is 1. The Hall–Kier alpha value is -1.51. The molecule has 1 aromatic carbocycles. The van der Waals surface area contributed by atoms with Crippen LogP contribution in [0.15, 0.2) is 12.1 Å². The second-order valence-corrected chi connectivity index (χ2v) is 5.72. The standard InChI is InChI=1S/C16H24N2O/c1-5-13-7-6-12(4)18(13)16(19)14-9-15(17)11(3)8-10(14)2/h8-9,12-13H,5-7,17H2,1-4H3. The first-order valence-corrected chi connectivity index (χ1v) is 7.15. The molecule has 2 rings (SSSR count). The molecule has 1 saturated heterocycles. The van der Waals surface area contributed by atoms with Gasteiger partial charge in [0.2, 0.25) is 0 Å². The van der Waals surface area contributed by atoms with Crippen LogP contribution < -0.4 is 5.73 Å². The van der Waals surface area contributed by atoms with Crippen molar-refractivity contribution < 1.29 is 4.79 Å². The Morgan fingerprint density at radius 2 is 2.00 bits per heavy atom. The van der Waals surface area contributed by atoms with Crippen molar-refractivity contribution in [1.29, 1.82) is 0 Å². The van der Waals surface area contributed by atoms with E-state index < -0.39 is 0 Å². The molecule has 1 heterocycles. The summed E-state index contributed by atoms with van der Waals surface area (Å²) in [6.45, 7) is 8.26. The lowest BCUT2D eigenvalue weighted by molar-refractivity contribution is 0.0675. The van der Waals surface area contributed by atoms with Crippen LogP contribution in [0.4, 0.5) is 5.69 Å². The van der Waals surface area contributed by atoms with Crippen LogP contribution in [-0.4, -0.2) is 22.9 Å². The van der Waals surface area contributed by atoms with Gasteiger partial charge in [-0.05, 0) is 57.2 Å². The fraction of sp³-hybridized carbons (Fsp3) is 0.562. The monoisotopic (exact) mass is 260 g/mol. The number of nitrogen functional groups attached to an aromatic ring is 1. The molecule has 0 aromatic heterocycles. The van der Waals surface area contributed by atoms with Crippen LogP contribution in [0.1, 0.15) is 54.6 Å². The van der Waals surface area contributed by atoms with Gasteiger partial charge in [-0.3, -0.25) is 4.79 Å². The van der Waals surface area contributed by atoms with Gasteiger partial charge >= 0.3 is 0 Å². The molecule has 2 unspecified atom stereocenters. The average molecular weight is 260 g/mol. The molecule has 2 N–H and O–H groups in total. The largest absolute Gasteiger partial charge is 0.398 e. The lowest BCUT2D eigenvalue weighted by atomic mass is 10.0. The molecule has 1 aromatic rings. The molecule has 0 radical (unpaired) electrons. The summed E-state index contributed by atoms with van der Waals surface area (Å²) in [6.07, 6.45) is 3.24. The third kappa shape index (κ3) is 2.46. The Bertz CT molecular complexity index is 496. The van der Waals surface area contributed by atoms with Gasteiger partial charge in [-0.25, -0.2) is 0 Å². The highest BCUT2D eigenvalue weighted by Gasteiger charge is 2.34. The fourth-order valence-corrected chi connectivity index (χ4v) is 3.08. The number of nitrogens with two attached hydrogens (primary N) is 1. The van der Waals surface area contributed by atoms with Gasteiger partial charge in [-0.15, -0.1) is 0 Å². The lowest BCUT2D eigenvalue weighted by Gasteiger charge is -2.29. The van der Waals surface area contributed by atoms with Gasteiger partial charge in [0.15, 0.2) is 0 Å². The number of aryl methyl sites for hydroxylation is 2. The minimum absolute atomic E-state index is 0.140. The van der Waals surface area contributed by atoms with Crippen molar-refractivity contribution in [3.05, 3.63) is 28.8 Å². The van der Waals surface area contributed by atoms with Gasteiger partial charge in [0, 0.05) is 23.3 Å². The van der Waals surface area contributed by atoms with Crippen LogP contribution in [0.5, 0.6) is 0 Å². The van der Waals surface area contributed by atoms with E-state index in [1.165, 1.54) is 0 Å². The molecule has 1 amide bonds. The second kappa shape index (κ2) is 5.24. The SMILES string of the molecule is CCC1CCC(C)N1C(=O)c1cc(N)c(C)cc1C. The maximum Gasteiger partial charge on any atom is 0.254 e. The predicted octanol–water partition coefficient (Wildman–Crippen LogP) is 3.29. The molecule has 19 heavy (non-hydrogen) atoms. The molecule has 1 fully saturated rings. The Balaban J connectivity index is 2.36. The average Bonchev–Trinajstić information content (AvgIpc) is 2.74. The van der Waals surface area contributed by atoms with Gasteiger partial charge in [0.05, 0.1) is 0 Å². The first-order valence-electron chi connectivity index (χ1n) is 7.15. The van der Waals surface area contributed by atoms with Gasteiger partial charge in [0.25, 0.3) is 5.91 Å². The normalized spacial score (nSPS) is 22.8. The number of carbonyl (C=O) groups excluding carboxylic acids is 1. The highest BCUT2D eigenvalue weighted by atomic mass is 16.2. The summed E-state index contributed by atoms with van der Waals surface area (Å²) in [6, 6.07) is 4.55. The molecule has 1 aliphatic heterocycles. The quantitative estimate of drug-likeness (QED) is 0.829. The maximum absolute atomic E-state index is 12.8. The van der Waals surface area contributed by atoms with E-state index in [1.807, 2.05) is 26.0 Å². The minimum atomic E-state index is 0.140. The zero-order valence-corrected chi connectivity index (χ0v) is 12.4. The van der Waals surface area contributed by atoms with Crippen LogP contribution in [0.25, 0.3) is 0 Å². The van der Waals surface area contributed by atoms with Crippen LogP contribution in [0, 0.1) is 13.8 Å². The second-order valence-electron chi connectivity index (χ2n) is 5.72. The van der Waals surface area contributed by atoms with E-state index in [9.17, 15) is 4.79 Å². The maximum atomic E-state index is 12.8. The van der Waals surface area contributed by atoms with Crippen molar-refractivity contribution in [2.75, 3.05) is 5.73 Å². The van der Waals surface area contributed by atoms with Crippen molar-refractivity contribution in [2.24, 2.45) is 0 Å². The van der Waals surface area contributed by atoms with E-state index in [0.29, 0.717) is 17.8 Å². The van der Waals surface area contributed by atoms with E-state index in [-0.39, 0.29) is 5.91 Å². The smallest absolute Gasteiger partial charge is 0.254 e. The van der Waals surface area contributed by atoms with Crippen molar-refractivity contribution in [3.8, 4) is 0 Å². The molecular weight excluding hydrogens is 236 g/mol. The van der Waals surface area contributed by atoms with E-state index >= 15 is 0 Å². The molecule has 1 aliphatic rings. The minimum Gasteiger partial charge on any atom is -0.398 e. The van der Waals surface area contributed by atoms with Crippen LogP contribution in [0.3, 0.4) is 0 Å². The summed E-state index contributed by atoms with van der Waals surface area (Å²) in [5.41, 5.74) is 9.48. The molecule has 104 valence electrons. The van der Waals surface area contributed by atoms with Crippen molar-refractivity contribution >= 4 is 11.6 Å². The van der Waals surface area contributed by atoms with Crippen molar-refractivity contribution in [2.45, 2.75) is 59.0 Å². The van der Waals surface area contributed by atoms with Crippen LogP contribution in [-0.2, 0) is 0 Å². The molecule has 0 aliphatic carbocycles. The summed E-state index contributed by atoms with van der Waals surface area (Å²) in [5, 5.41) is 0.